The average molecular weight is 380 g/mol. The average Bonchev–Trinajstić information content (AvgIpc) is 2.54. The van der Waals surface area contributed by atoms with E-state index in [1.165, 1.54) is 12.2 Å². The quantitative estimate of drug-likeness (QED) is 0.299. The van der Waals surface area contributed by atoms with Gasteiger partial charge in [0, 0.05) is 18.1 Å². The molecule has 0 fully saturated rings. The molecule has 1 N–H and O–H groups in total. The Morgan fingerprint density at radius 3 is 2.69 bits per heavy atom. The molecule has 0 radical (unpaired) electrons. The molecule has 0 heterocycles. The van der Waals surface area contributed by atoms with Gasteiger partial charge >= 0.3 is 7.60 Å². The molecule has 2 rings (SSSR count). The van der Waals surface area contributed by atoms with Crippen LogP contribution in [0.4, 0.5) is 0 Å². The third-order valence-electron chi connectivity index (χ3n) is 4.82. The summed E-state index contributed by atoms with van der Waals surface area (Å²) in [6, 6.07) is 3.79. The summed E-state index contributed by atoms with van der Waals surface area (Å²) in [6.07, 6.45) is 9.56. The highest BCUT2D eigenvalue weighted by Gasteiger charge is 2.26. The molecular weight excluding hydrogens is 347 g/mol. The third kappa shape index (κ3) is 5.89. The van der Waals surface area contributed by atoms with E-state index in [1.807, 2.05) is 12.1 Å². The van der Waals surface area contributed by atoms with Crippen molar-refractivity contribution in [3.05, 3.63) is 34.9 Å². The number of allylic oxidation sites excluding steroid dienone is 2. The van der Waals surface area contributed by atoms with Crippen molar-refractivity contribution < 1.29 is 18.7 Å². The van der Waals surface area contributed by atoms with Gasteiger partial charge in [0.25, 0.3) is 0 Å². The summed E-state index contributed by atoms with van der Waals surface area (Å²) in [6.45, 7) is 7.90. The molecule has 0 saturated heterocycles. The van der Waals surface area contributed by atoms with Crippen LogP contribution < -0.4 is 4.52 Å². The highest BCUT2D eigenvalue weighted by Crippen LogP contribution is 2.50. The summed E-state index contributed by atoms with van der Waals surface area (Å²) >= 11 is 0. The molecular formula is C21H33O4P. The van der Waals surface area contributed by atoms with Crippen LogP contribution in [0.25, 0.3) is 0 Å². The van der Waals surface area contributed by atoms with Gasteiger partial charge in [0.1, 0.15) is 11.5 Å². The Labute approximate surface area is 158 Å². The van der Waals surface area contributed by atoms with Gasteiger partial charge in [0.2, 0.25) is 0 Å². The molecule has 4 nitrogen and oxygen atoms in total. The van der Waals surface area contributed by atoms with Gasteiger partial charge in [-0.2, -0.15) is 0 Å². The SMILES string of the molecule is CCCCCc1cc(O)c(C2C=C(C)CCC2)c(OP(C)(=O)OCC)c1. The van der Waals surface area contributed by atoms with Gasteiger partial charge in [-0.25, -0.2) is 4.57 Å². The minimum Gasteiger partial charge on any atom is -0.507 e. The van der Waals surface area contributed by atoms with Gasteiger partial charge < -0.3 is 14.2 Å². The molecule has 2 unspecified atom stereocenters. The first-order valence-corrected chi connectivity index (χ1v) is 11.8. The van der Waals surface area contributed by atoms with Crippen LogP contribution >= 0.6 is 7.60 Å². The zero-order valence-corrected chi connectivity index (χ0v) is 17.5. The van der Waals surface area contributed by atoms with Crippen LogP contribution in [0.15, 0.2) is 23.8 Å². The van der Waals surface area contributed by atoms with E-state index in [1.54, 1.807) is 6.92 Å². The number of rotatable bonds is 9. The van der Waals surface area contributed by atoms with E-state index >= 15 is 0 Å². The largest absolute Gasteiger partial charge is 0.507 e. The molecule has 1 aliphatic rings. The molecule has 0 aromatic heterocycles. The lowest BCUT2D eigenvalue weighted by Crippen LogP contribution is -2.07. The third-order valence-corrected chi connectivity index (χ3v) is 6.08. The van der Waals surface area contributed by atoms with Crippen molar-refractivity contribution in [3.63, 3.8) is 0 Å². The minimum atomic E-state index is -3.21. The highest BCUT2D eigenvalue weighted by molar-refractivity contribution is 7.53. The molecule has 0 saturated carbocycles. The van der Waals surface area contributed by atoms with Crippen molar-refractivity contribution in [2.75, 3.05) is 13.3 Å². The molecule has 0 bridgehead atoms. The maximum Gasteiger partial charge on any atom is 0.376 e. The standard InChI is InChI=1S/C21H33O4P/c1-5-7-8-11-17-14-19(22)21(18-12-9-10-16(3)13-18)20(15-17)25-26(4,23)24-6-2/h13-15,18,22H,5-12H2,1-4H3. The van der Waals surface area contributed by atoms with E-state index < -0.39 is 7.60 Å². The molecule has 1 aliphatic carbocycles. The van der Waals surface area contributed by atoms with Crippen LogP contribution in [0.3, 0.4) is 0 Å². The van der Waals surface area contributed by atoms with E-state index in [4.69, 9.17) is 9.05 Å². The Hall–Kier alpha value is -1.25. The van der Waals surface area contributed by atoms with Crippen molar-refractivity contribution in [2.45, 2.75) is 71.6 Å². The van der Waals surface area contributed by atoms with Crippen LogP contribution in [0.2, 0.25) is 0 Å². The fraction of sp³-hybridized carbons (Fsp3) is 0.619. The van der Waals surface area contributed by atoms with Crippen LogP contribution in [-0.2, 0) is 15.5 Å². The van der Waals surface area contributed by atoms with Gasteiger partial charge in [0.05, 0.1) is 6.61 Å². The zero-order valence-electron chi connectivity index (χ0n) is 16.6. The fourth-order valence-corrected chi connectivity index (χ4v) is 4.65. The highest BCUT2D eigenvalue weighted by atomic mass is 31.2. The van der Waals surface area contributed by atoms with E-state index in [0.29, 0.717) is 12.4 Å². The summed E-state index contributed by atoms with van der Waals surface area (Å²) in [5, 5.41) is 10.8. The molecule has 5 heteroatoms. The molecule has 1 aromatic carbocycles. The summed E-state index contributed by atoms with van der Waals surface area (Å²) in [5.74, 6) is 0.832. The second-order valence-corrected chi connectivity index (χ2v) is 9.26. The maximum atomic E-state index is 12.6. The Morgan fingerprint density at radius 1 is 1.27 bits per heavy atom. The summed E-state index contributed by atoms with van der Waals surface area (Å²) in [4.78, 5) is 0. The maximum absolute atomic E-state index is 12.6. The number of phenolic OH excluding ortho intramolecular Hbond substituents is 1. The number of hydrogen-bond donors (Lipinski definition) is 1. The van der Waals surface area contributed by atoms with Crippen LogP contribution in [-0.4, -0.2) is 18.4 Å². The van der Waals surface area contributed by atoms with Crippen LogP contribution in [0, 0.1) is 0 Å². The molecule has 0 amide bonds. The number of unbranched alkanes of at least 4 members (excludes halogenated alkanes) is 2. The molecule has 2 atom stereocenters. The number of aromatic hydroxyl groups is 1. The number of phenols is 1. The number of hydrogen-bond acceptors (Lipinski definition) is 4. The van der Waals surface area contributed by atoms with Crippen LogP contribution in [0.1, 0.15) is 76.3 Å². The second-order valence-electron chi connectivity index (χ2n) is 7.28. The zero-order chi connectivity index (χ0) is 19.2. The molecule has 26 heavy (non-hydrogen) atoms. The Balaban J connectivity index is 2.40. The number of aryl methyl sites for hydroxylation is 1. The van der Waals surface area contributed by atoms with Crippen LogP contribution in [0.5, 0.6) is 11.5 Å². The summed E-state index contributed by atoms with van der Waals surface area (Å²) < 4.78 is 23.8. The lowest BCUT2D eigenvalue weighted by Gasteiger charge is -2.25. The van der Waals surface area contributed by atoms with Gasteiger partial charge in [-0.1, -0.05) is 31.4 Å². The predicted octanol–water partition coefficient (Wildman–Crippen LogP) is 6.58. The van der Waals surface area contributed by atoms with Crippen molar-refractivity contribution >= 4 is 7.60 Å². The van der Waals surface area contributed by atoms with E-state index in [0.717, 1.165) is 56.1 Å². The van der Waals surface area contributed by atoms with Crippen molar-refractivity contribution in [2.24, 2.45) is 0 Å². The van der Waals surface area contributed by atoms with Gasteiger partial charge in [-0.15, -0.1) is 0 Å². The summed E-state index contributed by atoms with van der Waals surface area (Å²) in [7, 11) is -3.21. The van der Waals surface area contributed by atoms with Crippen molar-refractivity contribution in [3.8, 4) is 11.5 Å². The lowest BCUT2D eigenvalue weighted by atomic mass is 9.84. The molecule has 0 spiro atoms. The molecule has 1 aromatic rings. The van der Waals surface area contributed by atoms with E-state index in [9.17, 15) is 9.67 Å². The molecule has 0 aliphatic heterocycles. The van der Waals surface area contributed by atoms with Crippen molar-refractivity contribution in [1.29, 1.82) is 0 Å². The fourth-order valence-electron chi connectivity index (χ4n) is 3.62. The topological polar surface area (TPSA) is 55.8 Å². The van der Waals surface area contributed by atoms with Crippen molar-refractivity contribution in [1.82, 2.24) is 0 Å². The number of benzene rings is 1. The van der Waals surface area contributed by atoms with E-state index in [2.05, 4.69) is 19.9 Å². The first-order valence-electron chi connectivity index (χ1n) is 9.81. The smallest absolute Gasteiger partial charge is 0.376 e. The monoisotopic (exact) mass is 380 g/mol. The lowest BCUT2D eigenvalue weighted by molar-refractivity contribution is 0.283. The predicted molar refractivity (Wildman–Crippen MR) is 107 cm³/mol. The summed E-state index contributed by atoms with van der Waals surface area (Å²) in [5.41, 5.74) is 3.08. The minimum absolute atomic E-state index is 0.0880. The second kappa shape index (κ2) is 9.62. The first kappa shape index (κ1) is 21.1. The normalized spacial score (nSPS) is 19.7. The van der Waals surface area contributed by atoms with Gasteiger partial charge in [-0.05, 0) is 63.6 Å². The van der Waals surface area contributed by atoms with E-state index in [-0.39, 0.29) is 11.7 Å². The Bertz CT molecular complexity index is 681. The molecule has 146 valence electrons. The Morgan fingerprint density at radius 2 is 2.04 bits per heavy atom. The van der Waals surface area contributed by atoms with Gasteiger partial charge in [0.15, 0.2) is 0 Å². The Kier molecular flexibility index (Phi) is 7.79. The van der Waals surface area contributed by atoms with Gasteiger partial charge in [-0.3, -0.25) is 0 Å². The first-order chi connectivity index (χ1) is 12.4.